The fraction of sp³-hybridized carbons (Fsp3) is 0.837. The summed E-state index contributed by atoms with van der Waals surface area (Å²) in [6.07, 6.45) is 45.9. The molecule has 0 N–H and O–H groups in total. The summed E-state index contributed by atoms with van der Waals surface area (Å²) < 4.78 is 5.18. The number of hydrogen-bond acceptors (Lipinski definition) is 4. The molecule has 2 aromatic rings. The van der Waals surface area contributed by atoms with Crippen LogP contribution < -0.4 is 0 Å². The first-order valence-corrected chi connectivity index (χ1v) is 22.7. The van der Waals surface area contributed by atoms with Crippen LogP contribution in [0.25, 0.3) is 10.2 Å². The summed E-state index contributed by atoms with van der Waals surface area (Å²) in [5.74, 6) is 0. The zero-order valence-electron chi connectivity index (χ0n) is 31.6. The van der Waals surface area contributed by atoms with E-state index in [4.69, 9.17) is 4.98 Å². The summed E-state index contributed by atoms with van der Waals surface area (Å²) in [6, 6.07) is 8.62. The minimum absolute atomic E-state index is 1.16. The van der Waals surface area contributed by atoms with Crippen molar-refractivity contribution in [3.63, 3.8) is 0 Å². The SMILES string of the molecule is CCCCCCCCCCCCCCCCCCN(CCCCCCCCCCCCCCCCCC)Sc1nc2ccccc2s1. The van der Waals surface area contributed by atoms with Gasteiger partial charge in [-0.25, -0.2) is 9.29 Å². The molecule has 0 saturated heterocycles. The van der Waals surface area contributed by atoms with Gasteiger partial charge in [0.1, 0.15) is 0 Å². The number of benzene rings is 1. The van der Waals surface area contributed by atoms with Crippen molar-refractivity contribution in [1.29, 1.82) is 0 Å². The number of aromatic nitrogens is 1. The second-order valence-corrected chi connectivity index (χ2v) is 16.9. The van der Waals surface area contributed by atoms with Gasteiger partial charge in [0.2, 0.25) is 0 Å². The van der Waals surface area contributed by atoms with E-state index in [-0.39, 0.29) is 0 Å². The Morgan fingerprint density at radius 1 is 0.447 bits per heavy atom. The van der Waals surface area contributed by atoms with E-state index >= 15 is 0 Å². The van der Waals surface area contributed by atoms with Crippen molar-refractivity contribution in [2.75, 3.05) is 13.1 Å². The minimum atomic E-state index is 1.16. The van der Waals surface area contributed by atoms with Crippen molar-refractivity contribution >= 4 is 33.5 Å². The molecule has 0 aliphatic carbocycles. The highest BCUT2D eigenvalue weighted by atomic mass is 32.2. The largest absolute Gasteiger partial charge is 0.244 e. The van der Waals surface area contributed by atoms with Crippen LogP contribution in [0.1, 0.15) is 219 Å². The average molecular weight is 687 g/mol. The summed E-state index contributed by atoms with van der Waals surface area (Å²) in [4.78, 5) is 4.94. The predicted molar refractivity (Wildman–Crippen MR) is 216 cm³/mol. The Kier molecular flexibility index (Phi) is 29.6. The molecule has 2 nitrogen and oxygen atoms in total. The highest BCUT2D eigenvalue weighted by molar-refractivity contribution is 7.98. The third-order valence-corrected chi connectivity index (χ3v) is 12.2. The van der Waals surface area contributed by atoms with Crippen LogP contribution in [0.2, 0.25) is 0 Å². The molecular weight excluding hydrogens is 609 g/mol. The lowest BCUT2D eigenvalue weighted by Crippen LogP contribution is -2.18. The lowest BCUT2D eigenvalue weighted by molar-refractivity contribution is 0.422. The Morgan fingerprint density at radius 2 is 0.766 bits per heavy atom. The van der Waals surface area contributed by atoms with Gasteiger partial charge >= 0.3 is 0 Å². The van der Waals surface area contributed by atoms with E-state index < -0.39 is 0 Å². The Balaban J connectivity index is 1.48. The zero-order chi connectivity index (χ0) is 33.3. The van der Waals surface area contributed by atoms with Gasteiger partial charge in [-0.05, 0) is 36.9 Å². The summed E-state index contributed by atoms with van der Waals surface area (Å²) in [7, 11) is 0. The molecule has 0 radical (unpaired) electrons. The van der Waals surface area contributed by atoms with Crippen molar-refractivity contribution in [1.82, 2.24) is 9.29 Å². The number of para-hydroxylation sites is 1. The van der Waals surface area contributed by atoms with Crippen LogP contribution in [0.3, 0.4) is 0 Å². The minimum Gasteiger partial charge on any atom is -0.244 e. The molecule has 0 atom stereocenters. The first-order valence-electron chi connectivity index (χ1n) is 21.1. The Morgan fingerprint density at radius 3 is 1.11 bits per heavy atom. The van der Waals surface area contributed by atoms with Crippen LogP contribution in [0.4, 0.5) is 0 Å². The molecule has 4 heteroatoms. The molecule has 0 spiro atoms. The van der Waals surface area contributed by atoms with Crippen molar-refractivity contribution < 1.29 is 0 Å². The highest BCUT2D eigenvalue weighted by Crippen LogP contribution is 2.32. The molecule has 0 aliphatic heterocycles. The Labute approximate surface area is 302 Å². The smallest absolute Gasteiger partial charge is 0.166 e. The molecule has 1 heterocycles. The van der Waals surface area contributed by atoms with Crippen LogP contribution >= 0.6 is 23.3 Å². The van der Waals surface area contributed by atoms with Gasteiger partial charge < -0.3 is 0 Å². The summed E-state index contributed by atoms with van der Waals surface area (Å²) in [6.45, 7) is 7.03. The van der Waals surface area contributed by atoms with Gasteiger partial charge in [-0.3, -0.25) is 0 Å². The third kappa shape index (κ3) is 25.1. The van der Waals surface area contributed by atoms with Crippen LogP contribution in [0, 0.1) is 0 Å². The number of unbranched alkanes of at least 4 members (excludes halogenated alkanes) is 30. The van der Waals surface area contributed by atoms with Crippen LogP contribution in [-0.2, 0) is 0 Å². The van der Waals surface area contributed by atoms with Crippen LogP contribution in [0.15, 0.2) is 28.6 Å². The monoisotopic (exact) mass is 687 g/mol. The average Bonchev–Trinajstić information content (AvgIpc) is 3.50. The van der Waals surface area contributed by atoms with Gasteiger partial charge in [-0.2, -0.15) is 0 Å². The second kappa shape index (κ2) is 32.6. The van der Waals surface area contributed by atoms with Gasteiger partial charge in [-0.15, -0.1) is 11.3 Å². The predicted octanol–water partition coefficient (Wildman–Crippen LogP) is 16.1. The molecule has 0 fully saturated rings. The van der Waals surface area contributed by atoms with Gasteiger partial charge in [0.25, 0.3) is 0 Å². The number of fused-ring (bicyclic) bond motifs is 1. The lowest BCUT2D eigenvalue weighted by atomic mass is 10.0. The summed E-state index contributed by atoms with van der Waals surface area (Å²) in [5.41, 5.74) is 1.16. The van der Waals surface area contributed by atoms with Gasteiger partial charge in [-0.1, -0.05) is 219 Å². The van der Waals surface area contributed by atoms with E-state index in [2.05, 4.69) is 42.4 Å². The van der Waals surface area contributed by atoms with Crippen molar-refractivity contribution in [2.45, 2.75) is 224 Å². The molecule has 0 bridgehead atoms. The van der Waals surface area contributed by atoms with Crippen LogP contribution in [-0.4, -0.2) is 22.4 Å². The van der Waals surface area contributed by atoms with E-state index in [1.54, 1.807) is 0 Å². The molecule has 0 unspecified atom stereocenters. The molecule has 272 valence electrons. The quantitative estimate of drug-likeness (QED) is 0.0524. The van der Waals surface area contributed by atoms with Crippen molar-refractivity contribution in [3.8, 4) is 0 Å². The Hall–Kier alpha value is -0.580. The number of hydrogen-bond donors (Lipinski definition) is 0. The molecule has 0 saturated carbocycles. The standard InChI is InChI=1S/C43H78N2S2/c1-3-5-7-9-11-13-15-17-19-21-23-25-27-29-31-35-39-45(47-43-44-41-37-33-34-38-42(41)46-43)40-36-32-30-28-26-24-22-20-18-16-14-12-10-8-6-4-2/h33-34,37-38H,3-32,35-36,39-40H2,1-2H3. The fourth-order valence-electron chi connectivity index (χ4n) is 6.88. The molecular formula is C43H78N2S2. The van der Waals surface area contributed by atoms with Crippen molar-refractivity contribution in [2.24, 2.45) is 0 Å². The van der Waals surface area contributed by atoms with Gasteiger partial charge in [0.15, 0.2) is 4.34 Å². The first-order chi connectivity index (χ1) is 23.3. The normalized spacial score (nSPS) is 11.8. The highest BCUT2D eigenvalue weighted by Gasteiger charge is 2.11. The fourth-order valence-corrected chi connectivity index (χ4v) is 9.11. The maximum atomic E-state index is 4.94. The summed E-state index contributed by atoms with van der Waals surface area (Å²) in [5, 5.41) is 0. The number of nitrogens with zero attached hydrogens (tertiary/aromatic N) is 2. The Bertz CT molecular complexity index is 843. The van der Waals surface area contributed by atoms with Gasteiger partial charge in [0, 0.05) is 13.1 Å². The topological polar surface area (TPSA) is 16.1 Å². The van der Waals surface area contributed by atoms with Gasteiger partial charge in [0.05, 0.1) is 10.2 Å². The summed E-state index contributed by atoms with van der Waals surface area (Å²) >= 11 is 3.80. The molecule has 1 aromatic heterocycles. The number of rotatable bonds is 36. The zero-order valence-corrected chi connectivity index (χ0v) is 33.2. The van der Waals surface area contributed by atoms with E-state index in [1.807, 2.05) is 23.3 Å². The maximum absolute atomic E-state index is 4.94. The van der Waals surface area contributed by atoms with Crippen molar-refractivity contribution in [3.05, 3.63) is 24.3 Å². The second-order valence-electron chi connectivity index (χ2n) is 14.6. The molecule has 0 aliphatic rings. The van der Waals surface area contributed by atoms with E-state index in [9.17, 15) is 0 Å². The molecule has 2 rings (SSSR count). The lowest BCUT2D eigenvalue weighted by Gasteiger charge is -2.19. The van der Waals surface area contributed by atoms with E-state index in [0.717, 1.165) is 5.52 Å². The number of thiazole rings is 1. The third-order valence-electron chi connectivity index (χ3n) is 10.0. The molecule has 47 heavy (non-hydrogen) atoms. The van der Waals surface area contributed by atoms with Crippen LogP contribution in [0.5, 0.6) is 0 Å². The molecule has 0 amide bonds. The maximum Gasteiger partial charge on any atom is 0.166 e. The molecule has 1 aromatic carbocycles. The van der Waals surface area contributed by atoms with E-state index in [0.29, 0.717) is 0 Å². The first kappa shape index (κ1) is 42.6. The van der Waals surface area contributed by atoms with E-state index in [1.165, 1.54) is 228 Å².